The molecule has 1 fully saturated rings. The van der Waals surface area contributed by atoms with Crippen LogP contribution in [-0.2, 0) is 11.2 Å². The molecule has 124 valence electrons. The predicted octanol–water partition coefficient (Wildman–Crippen LogP) is 2.78. The molecule has 6 nitrogen and oxygen atoms in total. The Balaban J connectivity index is 1.56. The van der Waals surface area contributed by atoms with Crippen LogP contribution in [0.5, 0.6) is 0 Å². The Morgan fingerprint density at radius 2 is 2.12 bits per heavy atom. The Hall–Kier alpha value is -2.15. The van der Waals surface area contributed by atoms with Gasteiger partial charge in [0.05, 0.1) is 5.75 Å². The molecule has 7 heteroatoms. The maximum absolute atomic E-state index is 12.1. The first kappa shape index (κ1) is 15.4. The van der Waals surface area contributed by atoms with Crippen molar-refractivity contribution in [3.63, 3.8) is 0 Å². The first-order chi connectivity index (χ1) is 11.7. The van der Waals surface area contributed by atoms with Gasteiger partial charge in [-0.2, -0.15) is 0 Å². The number of nitrogens with one attached hydrogen (secondary N) is 1. The lowest BCUT2D eigenvalue weighted by atomic mass is 10.1. The number of benzene rings is 1. The van der Waals surface area contributed by atoms with Gasteiger partial charge >= 0.3 is 0 Å². The van der Waals surface area contributed by atoms with Gasteiger partial charge < -0.3 is 9.88 Å². The number of likely N-dealkylation sites (tertiary alicyclic amines) is 1. The van der Waals surface area contributed by atoms with E-state index in [1.807, 2.05) is 4.90 Å². The number of amides is 1. The largest absolute Gasteiger partial charge is 0.342 e. The second-order valence-corrected chi connectivity index (χ2v) is 6.97. The highest BCUT2D eigenvalue weighted by Crippen LogP contribution is 2.25. The molecule has 24 heavy (non-hydrogen) atoms. The summed E-state index contributed by atoms with van der Waals surface area (Å²) in [6, 6.07) is 6.30. The topological polar surface area (TPSA) is 74.8 Å². The molecular formula is C17H19N5OS. The molecule has 2 aromatic heterocycles. The number of hydrogen-bond acceptors (Lipinski definition) is 5. The van der Waals surface area contributed by atoms with Crippen LogP contribution in [0.4, 0.5) is 0 Å². The van der Waals surface area contributed by atoms with Gasteiger partial charge in [-0.1, -0.05) is 24.8 Å². The Labute approximate surface area is 144 Å². The number of aromatic amines is 1. The third-order valence-corrected chi connectivity index (χ3v) is 5.27. The van der Waals surface area contributed by atoms with Crippen molar-refractivity contribution in [2.24, 2.45) is 0 Å². The molecule has 1 saturated heterocycles. The minimum absolute atomic E-state index is 0.158. The molecule has 0 atom stereocenters. The smallest absolute Gasteiger partial charge is 0.233 e. The Morgan fingerprint density at radius 3 is 2.92 bits per heavy atom. The molecule has 0 aliphatic carbocycles. The average molecular weight is 341 g/mol. The number of hydrogen-bond donors (Lipinski definition) is 1. The lowest BCUT2D eigenvalue weighted by molar-refractivity contribution is -0.127. The van der Waals surface area contributed by atoms with Gasteiger partial charge in [0.1, 0.15) is 5.52 Å². The van der Waals surface area contributed by atoms with Crippen LogP contribution in [0.1, 0.15) is 25.3 Å². The number of aryl methyl sites for hydroxylation is 1. The van der Waals surface area contributed by atoms with Gasteiger partial charge in [-0.25, -0.2) is 4.98 Å². The number of rotatable bonds is 4. The molecule has 0 spiro atoms. The van der Waals surface area contributed by atoms with E-state index in [2.05, 4.69) is 45.3 Å². The van der Waals surface area contributed by atoms with E-state index >= 15 is 0 Å². The summed E-state index contributed by atoms with van der Waals surface area (Å²) in [6.07, 6.45) is 3.19. The zero-order valence-corrected chi connectivity index (χ0v) is 14.4. The van der Waals surface area contributed by atoms with Crippen molar-refractivity contribution < 1.29 is 4.79 Å². The molecule has 0 radical (unpaired) electrons. The number of carbonyl (C=O) groups is 1. The van der Waals surface area contributed by atoms with Gasteiger partial charge in [-0.3, -0.25) is 4.79 Å². The van der Waals surface area contributed by atoms with Gasteiger partial charge in [0.2, 0.25) is 11.1 Å². The first-order valence-corrected chi connectivity index (χ1v) is 9.29. The Kier molecular flexibility index (Phi) is 4.10. The molecule has 1 aliphatic rings. The van der Waals surface area contributed by atoms with Crippen LogP contribution in [0, 0.1) is 0 Å². The molecule has 4 rings (SSSR count). The Morgan fingerprint density at radius 1 is 1.29 bits per heavy atom. The van der Waals surface area contributed by atoms with Gasteiger partial charge in [-0.15, -0.1) is 10.2 Å². The molecule has 3 heterocycles. The third kappa shape index (κ3) is 2.84. The zero-order valence-electron chi connectivity index (χ0n) is 13.6. The van der Waals surface area contributed by atoms with E-state index < -0.39 is 0 Å². The van der Waals surface area contributed by atoms with Crippen molar-refractivity contribution in [1.29, 1.82) is 0 Å². The van der Waals surface area contributed by atoms with E-state index in [0.29, 0.717) is 10.9 Å². The van der Waals surface area contributed by atoms with E-state index in [-0.39, 0.29) is 5.91 Å². The highest BCUT2D eigenvalue weighted by atomic mass is 32.2. The van der Waals surface area contributed by atoms with E-state index in [0.717, 1.165) is 54.4 Å². The molecule has 1 N–H and O–H groups in total. The molecule has 0 bridgehead atoms. The molecule has 1 aliphatic heterocycles. The number of H-pyrrole nitrogens is 1. The van der Waals surface area contributed by atoms with E-state index in [1.165, 1.54) is 17.3 Å². The summed E-state index contributed by atoms with van der Waals surface area (Å²) in [7, 11) is 0. The first-order valence-electron chi connectivity index (χ1n) is 8.30. The summed E-state index contributed by atoms with van der Waals surface area (Å²) < 4.78 is 0. The fourth-order valence-electron chi connectivity index (χ4n) is 3.07. The van der Waals surface area contributed by atoms with Crippen LogP contribution in [0.15, 0.2) is 23.4 Å². The molecule has 0 unspecified atom stereocenters. The molecular weight excluding hydrogens is 322 g/mol. The van der Waals surface area contributed by atoms with E-state index in [4.69, 9.17) is 0 Å². The van der Waals surface area contributed by atoms with Crippen molar-refractivity contribution in [2.45, 2.75) is 31.3 Å². The van der Waals surface area contributed by atoms with Gasteiger partial charge in [-0.05, 0) is 37.0 Å². The summed E-state index contributed by atoms with van der Waals surface area (Å²) in [4.78, 5) is 21.8. The normalized spacial score (nSPS) is 14.8. The van der Waals surface area contributed by atoms with Gasteiger partial charge in [0.15, 0.2) is 5.65 Å². The summed E-state index contributed by atoms with van der Waals surface area (Å²) in [6.45, 7) is 3.88. The van der Waals surface area contributed by atoms with Crippen molar-refractivity contribution in [2.75, 3.05) is 18.8 Å². The number of nitrogens with zero attached hydrogens (tertiary/aromatic N) is 4. The summed E-state index contributed by atoms with van der Waals surface area (Å²) in [5.41, 5.74) is 3.79. The quantitative estimate of drug-likeness (QED) is 0.739. The van der Waals surface area contributed by atoms with Crippen LogP contribution in [-0.4, -0.2) is 49.8 Å². The number of aromatic nitrogens is 4. The van der Waals surface area contributed by atoms with Crippen molar-refractivity contribution in [1.82, 2.24) is 25.1 Å². The lowest BCUT2D eigenvalue weighted by Crippen LogP contribution is -2.29. The SMILES string of the molecule is CCc1ccc2[nH]c3nc(SCC(=O)N4CCCC4)nnc3c2c1. The summed E-state index contributed by atoms with van der Waals surface area (Å²) >= 11 is 1.35. The second-order valence-electron chi connectivity index (χ2n) is 6.03. The van der Waals surface area contributed by atoms with Crippen molar-refractivity contribution >= 4 is 39.7 Å². The van der Waals surface area contributed by atoms with E-state index in [1.54, 1.807) is 0 Å². The van der Waals surface area contributed by atoms with Crippen LogP contribution in [0.25, 0.3) is 22.1 Å². The molecule has 1 aromatic carbocycles. The monoisotopic (exact) mass is 341 g/mol. The summed E-state index contributed by atoms with van der Waals surface area (Å²) in [5.74, 6) is 0.526. The zero-order chi connectivity index (χ0) is 16.5. The number of thioether (sulfide) groups is 1. The highest BCUT2D eigenvalue weighted by Gasteiger charge is 2.18. The minimum Gasteiger partial charge on any atom is -0.342 e. The fourth-order valence-corrected chi connectivity index (χ4v) is 3.76. The highest BCUT2D eigenvalue weighted by molar-refractivity contribution is 7.99. The van der Waals surface area contributed by atoms with Crippen LogP contribution < -0.4 is 0 Å². The van der Waals surface area contributed by atoms with E-state index in [9.17, 15) is 4.79 Å². The number of fused-ring (bicyclic) bond motifs is 3. The maximum atomic E-state index is 12.1. The van der Waals surface area contributed by atoms with Crippen molar-refractivity contribution in [3.8, 4) is 0 Å². The number of carbonyl (C=O) groups excluding carboxylic acids is 1. The van der Waals surface area contributed by atoms with Crippen molar-refractivity contribution in [3.05, 3.63) is 23.8 Å². The third-order valence-electron chi connectivity index (χ3n) is 4.45. The predicted molar refractivity (Wildman–Crippen MR) is 95.1 cm³/mol. The fraction of sp³-hybridized carbons (Fsp3) is 0.412. The maximum Gasteiger partial charge on any atom is 0.233 e. The second kappa shape index (κ2) is 6.39. The standard InChI is InChI=1S/C17H19N5OS/c1-2-11-5-6-13-12(9-11)15-16(18-13)19-17(21-20-15)24-10-14(23)22-7-3-4-8-22/h5-6,9H,2-4,7-8,10H2,1H3,(H,18,19,21). The molecule has 0 saturated carbocycles. The van der Waals surface area contributed by atoms with Crippen LogP contribution in [0.2, 0.25) is 0 Å². The molecule has 1 amide bonds. The average Bonchev–Trinajstić information content (AvgIpc) is 3.26. The minimum atomic E-state index is 0.158. The Bertz CT molecular complexity index is 901. The van der Waals surface area contributed by atoms with Crippen LogP contribution >= 0.6 is 11.8 Å². The lowest BCUT2D eigenvalue weighted by Gasteiger charge is -2.13. The molecule has 3 aromatic rings. The van der Waals surface area contributed by atoms with Gasteiger partial charge in [0.25, 0.3) is 0 Å². The summed E-state index contributed by atoms with van der Waals surface area (Å²) in [5, 5.41) is 10.1. The van der Waals surface area contributed by atoms with Crippen LogP contribution in [0.3, 0.4) is 0 Å². The van der Waals surface area contributed by atoms with Gasteiger partial charge in [0, 0.05) is 24.0 Å².